The van der Waals surface area contributed by atoms with E-state index in [4.69, 9.17) is 35.8 Å². The Bertz CT molecular complexity index is 2770. The van der Waals surface area contributed by atoms with Gasteiger partial charge in [0, 0.05) is 32.4 Å². The summed E-state index contributed by atoms with van der Waals surface area (Å²) in [5.41, 5.74) is -2.53. The minimum atomic E-state index is -4.62. The van der Waals surface area contributed by atoms with Gasteiger partial charge in [-0.1, -0.05) is 11.6 Å². The molecular weight excluding hydrogens is 1050 g/mol. The molecule has 0 aliphatic heterocycles. The van der Waals surface area contributed by atoms with E-state index in [-0.39, 0.29) is 34.8 Å². The number of carbonyl (C=O) groups is 4. The van der Waals surface area contributed by atoms with Gasteiger partial charge in [-0.2, -0.15) is 31.6 Å². The number of nitro benzene ring substituents is 1. The number of ether oxygens (including phenoxy) is 3. The molecule has 0 spiro atoms. The molecule has 1 unspecified atom stereocenters. The number of nitrogens with one attached hydrogen (secondary N) is 4. The maximum atomic E-state index is 12.7. The first-order valence-corrected chi connectivity index (χ1v) is 26.3. The molecule has 2 heterocycles. The molecular formula is C36H44ClF3N9O17PS3. The minimum absolute atomic E-state index is 0.0913. The van der Waals surface area contributed by atoms with Crippen LogP contribution in [0.1, 0.15) is 26.3 Å². The quantitative estimate of drug-likeness (QED) is 0.0431. The lowest BCUT2D eigenvalue weighted by molar-refractivity contribution is -0.385. The molecule has 2 aromatic heterocycles. The number of pyridine rings is 1. The number of halogens is 4. The van der Waals surface area contributed by atoms with Crippen molar-refractivity contribution in [3.8, 4) is 23.3 Å². The Labute approximate surface area is 405 Å². The van der Waals surface area contributed by atoms with Gasteiger partial charge in [0.2, 0.25) is 27.7 Å². The molecule has 0 radical (unpaired) electrons. The van der Waals surface area contributed by atoms with Crippen LogP contribution >= 0.6 is 19.2 Å². The van der Waals surface area contributed by atoms with E-state index in [1.165, 1.54) is 57.6 Å². The van der Waals surface area contributed by atoms with Crippen molar-refractivity contribution in [1.29, 1.82) is 0 Å². The van der Waals surface area contributed by atoms with Gasteiger partial charge in [-0.05, 0) is 47.3 Å². The fourth-order valence-corrected chi connectivity index (χ4v) is 6.41. The largest absolute Gasteiger partial charge is 0.778 e. The Morgan fingerprint density at radius 3 is 1.97 bits per heavy atom. The molecule has 1 atom stereocenters. The van der Waals surface area contributed by atoms with Gasteiger partial charge in [-0.15, -0.1) is 0 Å². The fraction of sp³-hybridized carbons (Fsp3) is 0.306. The lowest BCUT2D eigenvalue weighted by Gasteiger charge is -2.14. The number of rotatable bonds is 15. The lowest BCUT2D eigenvalue weighted by atomic mass is 10.1. The average Bonchev–Trinajstić information content (AvgIpc) is 3.22. The van der Waals surface area contributed by atoms with Crippen molar-refractivity contribution in [2.75, 3.05) is 71.5 Å². The first-order valence-electron chi connectivity index (χ1n) is 18.4. The first kappa shape index (κ1) is 61.6. The second kappa shape index (κ2) is 27.1. The minimum Gasteiger partial charge on any atom is -0.778 e. The normalized spacial score (nSPS) is 11.8. The highest BCUT2D eigenvalue weighted by atomic mass is 35.5. The van der Waals surface area contributed by atoms with E-state index in [9.17, 15) is 68.8 Å². The molecule has 0 saturated carbocycles. The van der Waals surface area contributed by atoms with Crippen LogP contribution in [-0.4, -0.2) is 142 Å². The van der Waals surface area contributed by atoms with Crippen LogP contribution in [0.5, 0.6) is 23.3 Å². The molecule has 4 rings (SSSR count). The topological polar surface area (TPSA) is 378 Å². The zero-order valence-electron chi connectivity index (χ0n) is 37.6. The molecule has 6 N–H and O–H groups in total. The summed E-state index contributed by atoms with van der Waals surface area (Å²) < 4.78 is 114. The third kappa shape index (κ3) is 22.8. The summed E-state index contributed by atoms with van der Waals surface area (Å²) in [7, 11) is -6.56. The van der Waals surface area contributed by atoms with Crippen LogP contribution < -0.4 is 39.2 Å². The van der Waals surface area contributed by atoms with E-state index in [0.717, 1.165) is 24.3 Å². The molecule has 0 saturated heterocycles. The number of nitrogens with zero attached hydrogens (tertiary/aromatic N) is 5. The second-order valence-corrected chi connectivity index (χ2v) is 21.4. The molecule has 0 aliphatic rings. The van der Waals surface area contributed by atoms with Crippen molar-refractivity contribution in [2.45, 2.75) is 11.2 Å². The van der Waals surface area contributed by atoms with Crippen molar-refractivity contribution >= 4 is 85.6 Å². The fourth-order valence-electron chi connectivity index (χ4n) is 4.31. The van der Waals surface area contributed by atoms with Gasteiger partial charge in [0.05, 0.1) is 79.2 Å². The molecule has 26 nitrogen and oxygen atoms in total. The molecule has 4 amide bonds. The van der Waals surface area contributed by atoms with E-state index in [1.54, 1.807) is 9.44 Å². The highest BCUT2D eigenvalue weighted by Crippen LogP contribution is 2.37. The predicted molar refractivity (Wildman–Crippen MR) is 244 cm³/mol. The number of amides is 4. The number of hydrogen-bond acceptors (Lipinski definition) is 19. The standard InChI is InChI=1S/C15H10ClF3N2O6S.C15H18N6O6S.C3H8NO5P.C3H9S/c1-28(25,26)20-14(22)10-7-9(3-4-12(10)21(23)24)27-13-5-2-8(6-11(13)16)15(17,18)19;1-21(2)13(22)9-6-5-7-16-12(9)28(24,25)20-15(23)19-14-17-10(26-3)8-11(18-14)27-4;5-3(6)1-4-2-10(7,8)9;1-4(2)3/h2-7H,1H3,(H,20,22);5-8H,1-4H3,(H2,17,18,19,20,23);4H,1-2H2,(H,5,6)(H2,7,8,9);1-3H3/q;;;+1/p-1. The molecule has 386 valence electrons. The average molecular weight is 1090 g/mol. The first-order chi connectivity index (χ1) is 32.1. The summed E-state index contributed by atoms with van der Waals surface area (Å²) in [5.74, 6) is -3.51. The van der Waals surface area contributed by atoms with Gasteiger partial charge in [0.25, 0.3) is 27.5 Å². The van der Waals surface area contributed by atoms with Crippen LogP contribution in [-0.2, 0) is 46.5 Å². The SMILES string of the molecule is COc1cc(OC)nc(NC(=O)NS(=O)(=O)c2ncccc2C(=O)N(C)C)n1.CS(=O)(=O)NC(=O)c1cc(Oc2ccc(C(F)(F)F)cc2Cl)ccc1[N+](=O)[O-].C[S+](C)C.O=C(O)CNCP(=O)([O-])O. The number of alkyl halides is 3. The summed E-state index contributed by atoms with van der Waals surface area (Å²) >= 11 is 5.76. The lowest BCUT2D eigenvalue weighted by Crippen LogP contribution is -2.36. The monoisotopic (exact) mass is 1090 g/mol. The maximum absolute atomic E-state index is 12.7. The number of sulfonamides is 2. The smallest absolute Gasteiger partial charge is 0.416 e. The molecule has 0 fully saturated rings. The third-order valence-electron chi connectivity index (χ3n) is 6.97. The molecule has 0 bridgehead atoms. The number of carboxylic acid groups (broad SMARTS) is 1. The Balaban J connectivity index is 0.000000552. The van der Waals surface area contributed by atoms with E-state index in [1.807, 2.05) is 5.32 Å². The van der Waals surface area contributed by atoms with E-state index in [0.29, 0.717) is 29.3 Å². The van der Waals surface area contributed by atoms with Gasteiger partial charge in [0.15, 0.2) is 5.03 Å². The van der Waals surface area contributed by atoms with Gasteiger partial charge >= 0.3 is 18.2 Å². The van der Waals surface area contributed by atoms with Gasteiger partial charge in [-0.3, -0.25) is 35.1 Å². The number of aliphatic carboxylic acids is 1. The van der Waals surface area contributed by atoms with Crippen LogP contribution in [0.2, 0.25) is 5.02 Å². The van der Waals surface area contributed by atoms with Gasteiger partial charge < -0.3 is 38.6 Å². The van der Waals surface area contributed by atoms with Crippen LogP contribution in [0.25, 0.3) is 0 Å². The Morgan fingerprint density at radius 2 is 1.51 bits per heavy atom. The predicted octanol–water partition coefficient (Wildman–Crippen LogP) is 2.51. The van der Waals surface area contributed by atoms with Crippen molar-refractivity contribution < 1.29 is 87.8 Å². The molecule has 2 aromatic carbocycles. The summed E-state index contributed by atoms with van der Waals surface area (Å²) in [4.78, 5) is 86.8. The number of urea groups is 1. The van der Waals surface area contributed by atoms with E-state index < -0.39 is 102 Å². The second-order valence-electron chi connectivity index (χ2n) is 13.6. The number of nitro groups is 1. The Morgan fingerprint density at radius 1 is 0.943 bits per heavy atom. The summed E-state index contributed by atoms with van der Waals surface area (Å²) in [6.07, 6.45) is 3.12. The zero-order chi connectivity index (χ0) is 53.9. The van der Waals surface area contributed by atoms with Crippen LogP contribution in [0.3, 0.4) is 0 Å². The Kier molecular flexibility index (Phi) is 23.9. The van der Waals surface area contributed by atoms with E-state index in [2.05, 4.69) is 39.0 Å². The van der Waals surface area contributed by atoms with Crippen molar-refractivity contribution in [2.24, 2.45) is 0 Å². The number of benzene rings is 2. The molecule has 70 heavy (non-hydrogen) atoms. The number of aromatic nitrogens is 3. The number of anilines is 1. The maximum Gasteiger partial charge on any atom is 0.416 e. The van der Waals surface area contributed by atoms with Crippen LogP contribution in [0, 0.1) is 10.1 Å². The number of hydrogen-bond donors (Lipinski definition) is 6. The van der Waals surface area contributed by atoms with Crippen molar-refractivity contribution in [3.05, 3.63) is 92.6 Å². The van der Waals surface area contributed by atoms with Gasteiger partial charge in [0.1, 0.15) is 24.7 Å². The van der Waals surface area contributed by atoms with Crippen LogP contribution in [0.4, 0.5) is 29.6 Å². The highest BCUT2D eigenvalue weighted by molar-refractivity contribution is 7.94. The molecule has 34 heteroatoms. The zero-order valence-corrected chi connectivity index (χ0v) is 41.7. The highest BCUT2D eigenvalue weighted by Gasteiger charge is 2.32. The summed E-state index contributed by atoms with van der Waals surface area (Å²) in [6, 6.07) is 7.99. The number of carbonyl (C=O) groups excluding carboxylic acids is 3. The Hall–Kier alpha value is -6.41. The van der Waals surface area contributed by atoms with Gasteiger partial charge in [-0.25, -0.2) is 27.6 Å². The number of carboxylic acids is 1. The summed E-state index contributed by atoms with van der Waals surface area (Å²) in [6.45, 7) is -0.479. The van der Waals surface area contributed by atoms with Crippen LogP contribution in [0.15, 0.2) is 65.8 Å². The number of methoxy groups -OCH3 is 2. The molecule has 0 aliphatic carbocycles. The third-order valence-corrected chi connectivity index (χ3v) is 9.74. The van der Waals surface area contributed by atoms with E-state index >= 15 is 0 Å². The van der Waals surface area contributed by atoms with Crippen molar-refractivity contribution in [1.82, 2.24) is 34.6 Å². The summed E-state index contributed by atoms with van der Waals surface area (Å²) in [5, 5.41) is 22.2. The molecule has 4 aromatic rings. The van der Waals surface area contributed by atoms with Crippen molar-refractivity contribution in [3.63, 3.8) is 0 Å².